The van der Waals surface area contributed by atoms with Crippen molar-refractivity contribution < 1.29 is 14.1 Å². The normalized spacial score (nSPS) is 25.7. The summed E-state index contributed by atoms with van der Waals surface area (Å²) < 4.78 is 12.8. The fourth-order valence-electron chi connectivity index (χ4n) is 5.13. The van der Waals surface area contributed by atoms with E-state index in [-0.39, 0.29) is 22.8 Å². The largest absolute Gasteiger partial charge is 0.463 e. The zero-order chi connectivity index (χ0) is 19.3. The summed E-state index contributed by atoms with van der Waals surface area (Å²) in [5, 5.41) is 0. The summed E-state index contributed by atoms with van der Waals surface area (Å²) >= 11 is 0. The van der Waals surface area contributed by atoms with E-state index in [1.165, 1.54) is 0 Å². The van der Waals surface area contributed by atoms with Crippen molar-refractivity contribution >= 4 is 12.9 Å². The first kappa shape index (κ1) is 18.5. The van der Waals surface area contributed by atoms with Crippen LogP contribution in [0.25, 0.3) is 0 Å². The van der Waals surface area contributed by atoms with E-state index >= 15 is 0 Å². The molecule has 3 nitrogen and oxygen atoms in total. The van der Waals surface area contributed by atoms with Crippen LogP contribution in [0.2, 0.25) is 5.82 Å². The third-order valence-corrected chi connectivity index (χ3v) is 5.91. The first-order chi connectivity index (χ1) is 12.7. The molecular weight excluding hydrogens is 335 g/mol. The summed E-state index contributed by atoms with van der Waals surface area (Å²) in [5.74, 6) is 0.187. The number of carbonyl (C=O) groups is 1. The predicted molar refractivity (Wildman–Crippen MR) is 108 cm³/mol. The van der Waals surface area contributed by atoms with Crippen molar-refractivity contribution in [1.82, 2.24) is 0 Å². The van der Waals surface area contributed by atoms with Gasteiger partial charge >= 0.3 is 7.12 Å². The van der Waals surface area contributed by atoms with Crippen molar-refractivity contribution in [2.45, 2.75) is 63.0 Å². The Morgan fingerprint density at radius 2 is 1.26 bits per heavy atom. The van der Waals surface area contributed by atoms with Crippen LogP contribution in [-0.2, 0) is 19.5 Å². The standard InChI is InChI=1S/C23H27BO3/c1-21(2)16-22(3,4)27-24(26-21)19-15-20(25)23(19,17-11-7-5-8-12-17)18-13-9-6-10-14-18/h5-14,19H,15-16H2,1-4H3. The average Bonchev–Trinajstić information content (AvgIpc) is 2.59. The van der Waals surface area contributed by atoms with Gasteiger partial charge in [0.2, 0.25) is 0 Å². The highest BCUT2D eigenvalue weighted by Crippen LogP contribution is 2.57. The molecule has 2 fully saturated rings. The highest BCUT2D eigenvalue weighted by Gasteiger charge is 2.64. The van der Waals surface area contributed by atoms with Gasteiger partial charge in [0, 0.05) is 18.7 Å². The Hall–Kier alpha value is -1.91. The van der Waals surface area contributed by atoms with Gasteiger partial charge in [0.25, 0.3) is 0 Å². The maximum atomic E-state index is 13.2. The number of rotatable bonds is 3. The molecular formula is C23H27BO3. The summed E-state index contributed by atoms with van der Waals surface area (Å²) in [4.78, 5) is 13.2. The second kappa shape index (κ2) is 6.32. The SMILES string of the molecule is CC1(C)CC(C)(C)OB(C2CC(=O)C2(c2ccccc2)c2ccccc2)O1. The van der Waals surface area contributed by atoms with Gasteiger partial charge in [-0.3, -0.25) is 4.79 Å². The molecule has 27 heavy (non-hydrogen) atoms. The van der Waals surface area contributed by atoms with Crippen LogP contribution in [0, 0.1) is 0 Å². The molecule has 0 amide bonds. The molecule has 4 rings (SSSR count). The van der Waals surface area contributed by atoms with Crippen LogP contribution in [-0.4, -0.2) is 24.1 Å². The molecule has 1 unspecified atom stereocenters. The molecule has 2 aromatic rings. The Morgan fingerprint density at radius 3 is 1.67 bits per heavy atom. The lowest BCUT2D eigenvalue weighted by Crippen LogP contribution is -2.62. The summed E-state index contributed by atoms with van der Waals surface area (Å²) in [6, 6.07) is 20.2. The van der Waals surface area contributed by atoms with E-state index in [0.29, 0.717) is 6.42 Å². The van der Waals surface area contributed by atoms with Gasteiger partial charge in [-0.05, 0) is 38.8 Å². The van der Waals surface area contributed by atoms with E-state index < -0.39 is 12.5 Å². The third-order valence-electron chi connectivity index (χ3n) is 5.91. The summed E-state index contributed by atoms with van der Waals surface area (Å²) in [5.41, 5.74) is 0.752. The minimum atomic E-state index is -0.712. The van der Waals surface area contributed by atoms with E-state index in [0.717, 1.165) is 17.5 Å². The first-order valence-electron chi connectivity index (χ1n) is 9.75. The second-order valence-electron chi connectivity index (χ2n) is 9.07. The maximum absolute atomic E-state index is 13.2. The molecule has 1 saturated heterocycles. The smallest absolute Gasteiger partial charge is 0.406 e. The molecule has 0 N–H and O–H groups in total. The van der Waals surface area contributed by atoms with Gasteiger partial charge in [-0.15, -0.1) is 0 Å². The van der Waals surface area contributed by atoms with Crippen molar-refractivity contribution in [3.63, 3.8) is 0 Å². The highest BCUT2D eigenvalue weighted by molar-refractivity contribution is 6.50. The molecule has 140 valence electrons. The number of hydrogen-bond donors (Lipinski definition) is 0. The van der Waals surface area contributed by atoms with Gasteiger partial charge in [-0.1, -0.05) is 60.7 Å². The molecule has 0 radical (unpaired) electrons. The van der Waals surface area contributed by atoms with E-state index in [9.17, 15) is 4.79 Å². The van der Waals surface area contributed by atoms with Crippen molar-refractivity contribution in [2.24, 2.45) is 0 Å². The van der Waals surface area contributed by atoms with E-state index in [1.54, 1.807) is 0 Å². The summed E-state index contributed by atoms with van der Waals surface area (Å²) in [7, 11) is -0.415. The fourth-order valence-corrected chi connectivity index (χ4v) is 5.13. The molecule has 1 aliphatic carbocycles. The van der Waals surface area contributed by atoms with Crippen molar-refractivity contribution in [3.8, 4) is 0 Å². The molecule has 1 saturated carbocycles. The van der Waals surface area contributed by atoms with Crippen LogP contribution in [0.15, 0.2) is 60.7 Å². The summed E-state index contributed by atoms with van der Waals surface area (Å²) in [6.07, 6.45) is 1.29. The van der Waals surface area contributed by atoms with Gasteiger partial charge in [-0.25, -0.2) is 0 Å². The minimum absolute atomic E-state index is 0.0475. The number of hydrogen-bond acceptors (Lipinski definition) is 3. The molecule has 1 aliphatic heterocycles. The Morgan fingerprint density at radius 1 is 0.815 bits per heavy atom. The number of carbonyl (C=O) groups excluding carboxylic acids is 1. The van der Waals surface area contributed by atoms with Gasteiger partial charge in [-0.2, -0.15) is 0 Å². The Labute approximate surface area is 162 Å². The lowest BCUT2D eigenvalue weighted by atomic mass is 9.41. The van der Waals surface area contributed by atoms with E-state index in [1.807, 2.05) is 36.4 Å². The van der Waals surface area contributed by atoms with Crippen LogP contribution in [0.3, 0.4) is 0 Å². The third kappa shape index (κ3) is 3.05. The Balaban J connectivity index is 1.82. The molecule has 2 aliphatic rings. The first-order valence-corrected chi connectivity index (χ1v) is 9.75. The van der Waals surface area contributed by atoms with Crippen LogP contribution < -0.4 is 0 Å². The molecule has 0 bridgehead atoms. The van der Waals surface area contributed by atoms with E-state index in [2.05, 4.69) is 52.0 Å². The Kier molecular flexibility index (Phi) is 4.32. The quantitative estimate of drug-likeness (QED) is 0.736. The summed E-state index contributed by atoms with van der Waals surface area (Å²) in [6.45, 7) is 8.43. The fraction of sp³-hybridized carbons (Fsp3) is 0.435. The van der Waals surface area contributed by atoms with Gasteiger partial charge in [0.15, 0.2) is 0 Å². The van der Waals surface area contributed by atoms with E-state index in [4.69, 9.17) is 9.31 Å². The lowest BCUT2D eigenvalue weighted by molar-refractivity contribution is -0.133. The van der Waals surface area contributed by atoms with Crippen LogP contribution >= 0.6 is 0 Å². The number of Topliss-reactive ketones (excluding diaryl/α,β-unsaturated/α-hetero) is 1. The predicted octanol–water partition coefficient (Wildman–Crippen LogP) is 4.80. The lowest BCUT2D eigenvalue weighted by Gasteiger charge is -2.54. The molecule has 1 atom stereocenters. The molecule has 0 spiro atoms. The van der Waals surface area contributed by atoms with Crippen LogP contribution in [0.1, 0.15) is 51.7 Å². The maximum Gasteiger partial charge on any atom is 0.463 e. The highest BCUT2D eigenvalue weighted by atomic mass is 16.6. The topological polar surface area (TPSA) is 35.5 Å². The zero-order valence-corrected chi connectivity index (χ0v) is 16.6. The molecule has 1 heterocycles. The Bertz CT molecular complexity index is 774. The average molecular weight is 362 g/mol. The van der Waals surface area contributed by atoms with Crippen molar-refractivity contribution in [2.75, 3.05) is 0 Å². The van der Waals surface area contributed by atoms with Crippen molar-refractivity contribution in [1.29, 1.82) is 0 Å². The number of benzene rings is 2. The monoisotopic (exact) mass is 362 g/mol. The molecule has 4 heteroatoms. The van der Waals surface area contributed by atoms with Gasteiger partial charge < -0.3 is 9.31 Å². The van der Waals surface area contributed by atoms with Crippen LogP contribution in [0.4, 0.5) is 0 Å². The molecule has 0 aromatic heterocycles. The van der Waals surface area contributed by atoms with Gasteiger partial charge in [0.05, 0.1) is 16.6 Å². The number of ketones is 1. The molecule has 2 aromatic carbocycles. The minimum Gasteiger partial charge on any atom is -0.406 e. The second-order valence-corrected chi connectivity index (χ2v) is 9.07. The van der Waals surface area contributed by atoms with Crippen molar-refractivity contribution in [3.05, 3.63) is 71.8 Å². The zero-order valence-electron chi connectivity index (χ0n) is 16.6. The van der Waals surface area contributed by atoms with Gasteiger partial charge in [0.1, 0.15) is 5.78 Å². The van der Waals surface area contributed by atoms with Crippen LogP contribution in [0.5, 0.6) is 0 Å².